The minimum atomic E-state index is -0.201. The predicted molar refractivity (Wildman–Crippen MR) is 57.0 cm³/mol. The lowest BCUT2D eigenvalue weighted by atomic mass is 10.1. The Hall–Kier alpha value is -1.22. The zero-order valence-corrected chi connectivity index (χ0v) is 8.86. The average molecular weight is 207 g/mol. The fourth-order valence-electron chi connectivity index (χ4n) is 1.35. The highest BCUT2D eigenvalue weighted by molar-refractivity contribution is 7.14. The first-order valence-corrected chi connectivity index (χ1v) is 5.17. The number of halogens is 1. The molecule has 0 aliphatic carbocycles. The zero-order chi connectivity index (χ0) is 10.1. The smallest absolute Gasteiger partial charge is 0.124 e. The summed E-state index contributed by atoms with van der Waals surface area (Å²) in [6.07, 6.45) is 1.81. The summed E-state index contributed by atoms with van der Waals surface area (Å²) in [7, 11) is 0. The molecule has 72 valence electrons. The van der Waals surface area contributed by atoms with E-state index in [-0.39, 0.29) is 5.82 Å². The van der Waals surface area contributed by atoms with Gasteiger partial charge in [-0.2, -0.15) is 0 Å². The summed E-state index contributed by atoms with van der Waals surface area (Å²) in [5, 5.41) is 0.880. The van der Waals surface area contributed by atoms with Gasteiger partial charge in [0, 0.05) is 16.6 Å². The van der Waals surface area contributed by atoms with Gasteiger partial charge in [0.1, 0.15) is 10.8 Å². The SMILES string of the molecule is Cc1cc(F)cc(-c2ncc(C)s2)c1. The minimum Gasteiger partial charge on any atom is -0.244 e. The maximum atomic E-state index is 13.1. The summed E-state index contributed by atoms with van der Waals surface area (Å²) in [5.41, 5.74) is 1.79. The van der Waals surface area contributed by atoms with Crippen LogP contribution in [0.1, 0.15) is 10.4 Å². The fourth-order valence-corrected chi connectivity index (χ4v) is 2.10. The molecule has 0 unspecified atom stereocenters. The van der Waals surface area contributed by atoms with Crippen molar-refractivity contribution in [2.45, 2.75) is 13.8 Å². The van der Waals surface area contributed by atoms with E-state index in [1.54, 1.807) is 17.5 Å². The van der Waals surface area contributed by atoms with E-state index in [0.717, 1.165) is 21.0 Å². The highest BCUT2D eigenvalue weighted by Gasteiger charge is 2.04. The monoisotopic (exact) mass is 207 g/mol. The van der Waals surface area contributed by atoms with Crippen molar-refractivity contribution in [2.75, 3.05) is 0 Å². The first-order chi connectivity index (χ1) is 6.65. The number of thiazole rings is 1. The van der Waals surface area contributed by atoms with E-state index in [2.05, 4.69) is 4.98 Å². The topological polar surface area (TPSA) is 12.9 Å². The van der Waals surface area contributed by atoms with Crippen LogP contribution in [-0.2, 0) is 0 Å². The molecule has 1 aromatic carbocycles. The molecule has 2 rings (SSSR count). The van der Waals surface area contributed by atoms with Crippen LogP contribution in [0.15, 0.2) is 24.4 Å². The van der Waals surface area contributed by atoms with Crippen molar-refractivity contribution >= 4 is 11.3 Å². The van der Waals surface area contributed by atoms with E-state index in [0.29, 0.717) is 0 Å². The van der Waals surface area contributed by atoms with Gasteiger partial charge in [0.05, 0.1) is 0 Å². The summed E-state index contributed by atoms with van der Waals surface area (Å²) in [5.74, 6) is -0.201. The van der Waals surface area contributed by atoms with Crippen LogP contribution in [0.3, 0.4) is 0 Å². The third kappa shape index (κ3) is 1.82. The van der Waals surface area contributed by atoms with Crippen LogP contribution >= 0.6 is 11.3 Å². The summed E-state index contributed by atoms with van der Waals surface area (Å²) < 4.78 is 13.1. The molecule has 14 heavy (non-hydrogen) atoms. The molecule has 1 nitrogen and oxygen atoms in total. The van der Waals surface area contributed by atoms with Crippen molar-refractivity contribution in [3.63, 3.8) is 0 Å². The van der Waals surface area contributed by atoms with Gasteiger partial charge < -0.3 is 0 Å². The molecule has 0 saturated heterocycles. The van der Waals surface area contributed by atoms with E-state index < -0.39 is 0 Å². The summed E-state index contributed by atoms with van der Waals surface area (Å²) in [6.45, 7) is 3.88. The maximum Gasteiger partial charge on any atom is 0.124 e. The molecule has 0 spiro atoms. The Morgan fingerprint density at radius 3 is 2.57 bits per heavy atom. The zero-order valence-electron chi connectivity index (χ0n) is 8.04. The summed E-state index contributed by atoms with van der Waals surface area (Å²) >= 11 is 1.58. The highest BCUT2D eigenvalue weighted by Crippen LogP contribution is 2.25. The summed E-state index contributed by atoms with van der Waals surface area (Å²) in [6, 6.07) is 4.98. The van der Waals surface area contributed by atoms with Crippen LogP contribution < -0.4 is 0 Å². The molecular formula is C11H10FNS. The third-order valence-electron chi connectivity index (χ3n) is 1.91. The van der Waals surface area contributed by atoms with E-state index in [1.807, 2.05) is 19.9 Å². The Bertz CT molecular complexity index is 442. The van der Waals surface area contributed by atoms with Crippen molar-refractivity contribution in [3.8, 4) is 10.6 Å². The Morgan fingerprint density at radius 2 is 2.00 bits per heavy atom. The lowest BCUT2D eigenvalue weighted by Gasteiger charge is -1.98. The van der Waals surface area contributed by atoms with Gasteiger partial charge in [-0.05, 0) is 37.6 Å². The molecular weight excluding hydrogens is 197 g/mol. The van der Waals surface area contributed by atoms with E-state index in [9.17, 15) is 4.39 Å². The predicted octanol–water partition coefficient (Wildman–Crippen LogP) is 3.57. The van der Waals surface area contributed by atoms with Crippen LogP contribution in [0, 0.1) is 19.7 Å². The second-order valence-corrected chi connectivity index (χ2v) is 4.53. The fraction of sp³-hybridized carbons (Fsp3) is 0.182. The van der Waals surface area contributed by atoms with Crippen molar-refractivity contribution < 1.29 is 4.39 Å². The first-order valence-electron chi connectivity index (χ1n) is 4.35. The molecule has 0 aliphatic heterocycles. The number of benzene rings is 1. The van der Waals surface area contributed by atoms with Crippen LogP contribution in [-0.4, -0.2) is 4.98 Å². The number of hydrogen-bond donors (Lipinski definition) is 0. The van der Waals surface area contributed by atoms with Gasteiger partial charge in [0.25, 0.3) is 0 Å². The van der Waals surface area contributed by atoms with Crippen molar-refractivity contribution in [2.24, 2.45) is 0 Å². The highest BCUT2D eigenvalue weighted by atomic mass is 32.1. The van der Waals surface area contributed by atoms with E-state index in [4.69, 9.17) is 0 Å². The number of aryl methyl sites for hydroxylation is 2. The quantitative estimate of drug-likeness (QED) is 0.696. The van der Waals surface area contributed by atoms with Gasteiger partial charge >= 0.3 is 0 Å². The molecule has 2 aromatic rings. The normalized spacial score (nSPS) is 10.5. The van der Waals surface area contributed by atoms with Crippen LogP contribution in [0.2, 0.25) is 0 Å². The van der Waals surface area contributed by atoms with Gasteiger partial charge in [-0.25, -0.2) is 9.37 Å². The Labute approximate surface area is 86.2 Å². The lowest BCUT2D eigenvalue weighted by molar-refractivity contribution is 0.627. The molecule has 0 atom stereocenters. The minimum absolute atomic E-state index is 0.201. The molecule has 0 bridgehead atoms. The number of rotatable bonds is 1. The van der Waals surface area contributed by atoms with Gasteiger partial charge in [0.15, 0.2) is 0 Å². The third-order valence-corrected chi connectivity index (χ3v) is 2.87. The Morgan fingerprint density at radius 1 is 1.21 bits per heavy atom. The number of aromatic nitrogens is 1. The van der Waals surface area contributed by atoms with Crippen LogP contribution in [0.25, 0.3) is 10.6 Å². The molecule has 3 heteroatoms. The van der Waals surface area contributed by atoms with Gasteiger partial charge in [-0.1, -0.05) is 0 Å². The lowest BCUT2D eigenvalue weighted by Crippen LogP contribution is -1.81. The largest absolute Gasteiger partial charge is 0.244 e. The van der Waals surface area contributed by atoms with Crippen molar-refractivity contribution in [1.29, 1.82) is 0 Å². The second kappa shape index (κ2) is 3.50. The number of hydrogen-bond acceptors (Lipinski definition) is 2. The average Bonchev–Trinajstić information content (AvgIpc) is 2.50. The van der Waals surface area contributed by atoms with E-state index in [1.165, 1.54) is 12.1 Å². The summed E-state index contributed by atoms with van der Waals surface area (Å²) in [4.78, 5) is 5.36. The number of nitrogens with zero attached hydrogens (tertiary/aromatic N) is 1. The van der Waals surface area contributed by atoms with Gasteiger partial charge in [-0.3, -0.25) is 0 Å². The standard InChI is InChI=1S/C11H10FNS/c1-7-3-9(5-10(12)4-7)11-13-6-8(2)14-11/h3-6H,1-2H3. The molecule has 1 heterocycles. The van der Waals surface area contributed by atoms with Crippen molar-refractivity contribution in [1.82, 2.24) is 4.98 Å². The maximum absolute atomic E-state index is 13.1. The molecule has 0 N–H and O–H groups in total. The molecule has 0 fully saturated rings. The molecule has 0 amide bonds. The molecule has 0 aliphatic rings. The molecule has 0 radical (unpaired) electrons. The first kappa shape index (κ1) is 9.34. The molecule has 1 aromatic heterocycles. The Kier molecular flexibility index (Phi) is 2.33. The van der Waals surface area contributed by atoms with Gasteiger partial charge in [-0.15, -0.1) is 11.3 Å². The van der Waals surface area contributed by atoms with Crippen molar-refractivity contribution in [3.05, 3.63) is 40.7 Å². The van der Waals surface area contributed by atoms with Gasteiger partial charge in [0.2, 0.25) is 0 Å². The van der Waals surface area contributed by atoms with Crippen LogP contribution in [0.5, 0.6) is 0 Å². The molecule has 0 saturated carbocycles. The van der Waals surface area contributed by atoms with Crippen LogP contribution in [0.4, 0.5) is 4.39 Å². The van der Waals surface area contributed by atoms with E-state index >= 15 is 0 Å². The second-order valence-electron chi connectivity index (χ2n) is 3.29. The Balaban J connectivity index is 2.51.